The minimum Gasteiger partial charge on any atom is -0.379 e. The number of nitrogens with one attached hydrogen (secondary N) is 1. The Labute approximate surface area is 146 Å². The number of nitrogens with zero attached hydrogens (tertiary/aromatic N) is 2. The van der Waals surface area contributed by atoms with Crippen LogP contribution in [0.25, 0.3) is 11.3 Å². The van der Waals surface area contributed by atoms with Gasteiger partial charge in [-0.3, -0.25) is 14.7 Å². The normalized spacial score (nSPS) is 16.8. The van der Waals surface area contributed by atoms with Crippen molar-refractivity contribution in [1.82, 2.24) is 15.2 Å². The maximum Gasteiger partial charge on any atom is 0.253 e. The van der Waals surface area contributed by atoms with Gasteiger partial charge in [0.25, 0.3) is 5.91 Å². The van der Waals surface area contributed by atoms with Crippen molar-refractivity contribution in [3.05, 3.63) is 40.2 Å². The van der Waals surface area contributed by atoms with E-state index < -0.39 is 0 Å². The van der Waals surface area contributed by atoms with Crippen molar-refractivity contribution >= 4 is 17.2 Å². The average Bonchev–Trinajstić information content (AvgIpc) is 3.10. The van der Waals surface area contributed by atoms with E-state index in [-0.39, 0.29) is 11.9 Å². The number of aryl methyl sites for hydroxylation is 1. The first-order chi connectivity index (χ1) is 11.6. The topological polar surface area (TPSA) is 54.5 Å². The van der Waals surface area contributed by atoms with Crippen LogP contribution in [-0.2, 0) is 4.74 Å². The zero-order valence-corrected chi connectivity index (χ0v) is 14.9. The van der Waals surface area contributed by atoms with E-state index >= 15 is 0 Å². The highest BCUT2D eigenvalue weighted by Gasteiger charge is 2.17. The largest absolute Gasteiger partial charge is 0.379 e. The lowest BCUT2D eigenvalue weighted by Crippen LogP contribution is -2.46. The number of hydrogen-bond acceptors (Lipinski definition) is 5. The van der Waals surface area contributed by atoms with Gasteiger partial charge in [-0.25, -0.2) is 0 Å². The Morgan fingerprint density at radius 2 is 2.17 bits per heavy atom. The van der Waals surface area contributed by atoms with Gasteiger partial charge in [0.1, 0.15) is 0 Å². The van der Waals surface area contributed by atoms with E-state index in [0.717, 1.165) is 49.8 Å². The fraction of sp³-hybridized carbons (Fsp3) is 0.444. The maximum absolute atomic E-state index is 12.5. The molecule has 0 saturated carbocycles. The lowest BCUT2D eigenvalue weighted by molar-refractivity contribution is 0.0342. The van der Waals surface area contributed by atoms with Gasteiger partial charge in [0, 0.05) is 36.6 Å². The summed E-state index contributed by atoms with van der Waals surface area (Å²) in [6, 6.07) is 5.91. The molecule has 6 heteroatoms. The number of rotatable bonds is 5. The molecule has 1 atom stereocenters. The number of morpholine rings is 1. The number of thiophene rings is 1. The lowest BCUT2D eigenvalue weighted by Gasteiger charge is -2.29. The molecule has 0 spiro atoms. The van der Waals surface area contributed by atoms with E-state index in [1.165, 1.54) is 0 Å². The quantitative estimate of drug-likeness (QED) is 0.905. The minimum atomic E-state index is -0.0578. The minimum absolute atomic E-state index is 0.0578. The van der Waals surface area contributed by atoms with E-state index in [1.54, 1.807) is 11.3 Å². The van der Waals surface area contributed by atoms with Crippen LogP contribution in [0.4, 0.5) is 0 Å². The zero-order chi connectivity index (χ0) is 16.9. The van der Waals surface area contributed by atoms with E-state index in [0.29, 0.717) is 5.56 Å². The summed E-state index contributed by atoms with van der Waals surface area (Å²) in [4.78, 5) is 19.4. The van der Waals surface area contributed by atoms with Crippen LogP contribution in [0.2, 0.25) is 0 Å². The van der Waals surface area contributed by atoms with Crippen LogP contribution in [-0.4, -0.2) is 54.7 Å². The van der Waals surface area contributed by atoms with Crippen molar-refractivity contribution < 1.29 is 9.53 Å². The van der Waals surface area contributed by atoms with Crippen LogP contribution >= 0.6 is 11.3 Å². The molecule has 1 aliphatic rings. The molecule has 128 valence electrons. The highest BCUT2D eigenvalue weighted by Crippen LogP contribution is 2.21. The summed E-state index contributed by atoms with van der Waals surface area (Å²) in [5.41, 5.74) is 3.40. The second-order valence-electron chi connectivity index (χ2n) is 6.13. The first-order valence-electron chi connectivity index (χ1n) is 8.24. The van der Waals surface area contributed by atoms with Gasteiger partial charge in [-0.1, -0.05) is 0 Å². The van der Waals surface area contributed by atoms with Gasteiger partial charge < -0.3 is 10.1 Å². The van der Waals surface area contributed by atoms with E-state index in [2.05, 4.69) is 20.6 Å². The van der Waals surface area contributed by atoms with Crippen molar-refractivity contribution in [3.63, 3.8) is 0 Å². The van der Waals surface area contributed by atoms with Gasteiger partial charge in [0.05, 0.1) is 30.2 Å². The van der Waals surface area contributed by atoms with Crippen LogP contribution in [0.5, 0.6) is 0 Å². The molecule has 3 heterocycles. The molecule has 24 heavy (non-hydrogen) atoms. The van der Waals surface area contributed by atoms with Crippen LogP contribution in [0, 0.1) is 6.92 Å². The fourth-order valence-electron chi connectivity index (χ4n) is 2.89. The summed E-state index contributed by atoms with van der Waals surface area (Å²) in [6.45, 7) is 8.16. The first-order valence-corrected chi connectivity index (χ1v) is 9.19. The molecule has 0 aromatic carbocycles. The Balaban J connectivity index is 1.62. The summed E-state index contributed by atoms with van der Waals surface area (Å²) in [5.74, 6) is -0.0578. The molecule has 3 rings (SSSR count). The van der Waals surface area contributed by atoms with Crippen LogP contribution in [0.15, 0.2) is 29.0 Å². The van der Waals surface area contributed by atoms with Gasteiger partial charge in [0.2, 0.25) is 0 Å². The third kappa shape index (κ3) is 4.20. The zero-order valence-electron chi connectivity index (χ0n) is 14.1. The number of pyridine rings is 1. The molecule has 0 unspecified atom stereocenters. The Morgan fingerprint density at radius 1 is 1.38 bits per heavy atom. The van der Waals surface area contributed by atoms with E-state index in [9.17, 15) is 4.79 Å². The Kier molecular flexibility index (Phi) is 5.60. The summed E-state index contributed by atoms with van der Waals surface area (Å²) in [6.07, 6.45) is 0. The number of amides is 1. The second kappa shape index (κ2) is 7.88. The fourth-order valence-corrected chi connectivity index (χ4v) is 3.54. The molecule has 1 saturated heterocycles. The van der Waals surface area contributed by atoms with Crippen molar-refractivity contribution in [2.45, 2.75) is 19.9 Å². The lowest BCUT2D eigenvalue weighted by atomic mass is 10.1. The number of ether oxygens (including phenoxy) is 1. The molecular weight excluding hydrogens is 322 g/mol. The standard InChI is InChI=1S/C18H23N3O2S/c1-13(11-21-6-8-23-9-7-21)19-18(22)16-3-4-17(20-14(16)2)15-5-10-24-12-15/h3-5,10,12-13H,6-9,11H2,1-2H3,(H,19,22)/t13-/m0/s1. The molecule has 0 radical (unpaired) electrons. The number of hydrogen-bond donors (Lipinski definition) is 1. The van der Waals surface area contributed by atoms with Gasteiger partial charge >= 0.3 is 0 Å². The number of carbonyl (C=O) groups excluding carboxylic acids is 1. The summed E-state index contributed by atoms with van der Waals surface area (Å²) in [5, 5.41) is 7.17. The van der Waals surface area contributed by atoms with Gasteiger partial charge in [-0.05, 0) is 37.4 Å². The Bertz CT molecular complexity index is 682. The van der Waals surface area contributed by atoms with E-state index in [1.807, 2.05) is 37.4 Å². The van der Waals surface area contributed by atoms with Crippen molar-refractivity contribution in [1.29, 1.82) is 0 Å². The number of carbonyl (C=O) groups is 1. The molecule has 5 nitrogen and oxygen atoms in total. The molecule has 1 amide bonds. The predicted octanol–water partition coefficient (Wildman–Crippen LogP) is 2.57. The van der Waals surface area contributed by atoms with Crippen LogP contribution in [0.1, 0.15) is 23.0 Å². The van der Waals surface area contributed by atoms with Crippen molar-refractivity contribution in [2.24, 2.45) is 0 Å². The van der Waals surface area contributed by atoms with Crippen molar-refractivity contribution in [2.75, 3.05) is 32.8 Å². The Morgan fingerprint density at radius 3 is 2.83 bits per heavy atom. The Hall–Kier alpha value is -1.76. The number of aromatic nitrogens is 1. The van der Waals surface area contributed by atoms with Crippen LogP contribution in [0.3, 0.4) is 0 Å². The first kappa shape index (κ1) is 17.1. The molecule has 2 aromatic rings. The van der Waals surface area contributed by atoms with Gasteiger partial charge in [-0.15, -0.1) is 0 Å². The smallest absolute Gasteiger partial charge is 0.253 e. The third-order valence-electron chi connectivity index (χ3n) is 4.16. The molecule has 0 aliphatic carbocycles. The van der Waals surface area contributed by atoms with Gasteiger partial charge in [0.15, 0.2) is 0 Å². The monoisotopic (exact) mass is 345 g/mol. The van der Waals surface area contributed by atoms with Gasteiger partial charge in [-0.2, -0.15) is 11.3 Å². The van der Waals surface area contributed by atoms with Crippen LogP contribution < -0.4 is 5.32 Å². The third-order valence-corrected chi connectivity index (χ3v) is 4.84. The molecule has 1 aliphatic heterocycles. The SMILES string of the molecule is Cc1nc(-c2ccsc2)ccc1C(=O)N[C@@H](C)CN1CCOCC1. The molecule has 1 fully saturated rings. The highest BCUT2D eigenvalue weighted by molar-refractivity contribution is 7.08. The van der Waals surface area contributed by atoms with Crippen molar-refractivity contribution in [3.8, 4) is 11.3 Å². The molecule has 0 bridgehead atoms. The summed E-state index contributed by atoms with van der Waals surface area (Å²) < 4.78 is 5.35. The van der Waals surface area contributed by atoms with E-state index in [4.69, 9.17) is 4.74 Å². The second-order valence-corrected chi connectivity index (χ2v) is 6.91. The summed E-state index contributed by atoms with van der Waals surface area (Å²) in [7, 11) is 0. The average molecular weight is 345 g/mol. The highest BCUT2D eigenvalue weighted by atomic mass is 32.1. The molecular formula is C18H23N3O2S. The predicted molar refractivity (Wildman–Crippen MR) is 96.5 cm³/mol. The maximum atomic E-state index is 12.5. The summed E-state index contributed by atoms with van der Waals surface area (Å²) >= 11 is 1.64. The molecule has 1 N–H and O–H groups in total. The molecule has 2 aromatic heterocycles.